The second kappa shape index (κ2) is 8.50. The van der Waals surface area contributed by atoms with Crippen LogP contribution in [0.1, 0.15) is 35.7 Å². The third-order valence-corrected chi connectivity index (χ3v) is 3.92. The molecule has 0 fully saturated rings. The predicted molar refractivity (Wildman–Crippen MR) is 96.0 cm³/mol. The molecular weight excluding hydrogens is 326 g/mol. The van der Waals surface area contributed by atoms with Gasteiger partial charge in [0.1, 0.15) is 5.75 Å². The van der Waals surface area contributed by atoms with Gasteiger partial charge in [-0.05, 0) is 42.3 Å². The van der Waals surface area contributed by atoms with Gasteiger partial charge in [0.05, 0.1) is 12.7 Å². The summed E-state index contributed by atoms with van der Waals surface area (Å²) in [5, 5.41) is 3.25. The first-order valence-electron chi connectivity index (χ1n) is 7.79. The number of carbonyl (C=O) groups excluding carboxylic acids is 2. The Morgan fingerprint density at radius 1 is 1.08 bits per heavy atom. The molecule has 2 rings (SSSR count). The molecule has 0 radical (unpaired) electrons. The molecule has 0 bridgehead atoms. The fourth-order valence-corrected chi connectivity index (χ4v) is 2.48. The van der Waals surface area contributed by atoms with E-state index in [0.29, 0.717) is 16.3 Å². The van der Waals surface area contributed by atoms with Gasteiger partial charge >= 0.3 is 0 Å². The van der Waals surface area contributed by atoms with Crippen LogP contribution in [0.5, 0.6) is 5.75 Å². The highest BCUT2D eigenvalue weighted by Crippen LogP contribution is 2.24. The molecule has 5 heteroatoms. The maximum atomic E-state index is 12.3. The lowest BCUT2D eigenvalue weighted by Crippen LogP contribution is -2.13. The summed E-state index contributed by atoms with van der Waals surface area (Å²) in [5.41, 5.74) is 2.33. The molecule has 4 nitrogen and oxygen atoms in total. The molecule has 1 N–H and O–H groups in total. The third kappa shape index (κ3) is 4.83. The molecule has 0 aromatic heterocycles. The Kier molecular flexibility index (Phi) is 6.38. The molecule has 0 spiro atoms. The van der Waals surface area contributed by atoms with E-state index in [1.165, 1.54) is 12.7 Å². The largest absolute Gasteiger partial charge is 0.496 e. The van der Waals surface area contributed by atoms with Crippen molar-refractivity contribution in [2.75, 3.05) is 12.4 Å². The van der Waals surface area contributed by atoms with Gasteiger partial charge in [0.15, 0.2) is 5.78 Å². The second-order valence-corrected chi connectivity index (χ2v) is 5.80. The first-order valence-corrected chi connectivity index (χ1v) is 8.16. The van der Waals surface area contributed by atoms with Crippen molar-refractivity contribution in [2.45, 2.75) is 26.2 Å². The van der Waals surface area contributed by atoms with Crippen LogP contribution < -0.4 is 10.1 Å². The summed E-state index contributed by atoms with van der Waals surface area (Å²) in [6.45, 7) is 2.07. The maximum Gasteiger partial charge on any atom is 0.224 e. The van der Waals surface area contributed by atoms with Gasteiger partial charge in [0.25, 0.3) is 0 Å². The van der Waals surface area contributed by atoms with Crippen LogP contribution >= 0.6 is 11.6 Å². The van der Waals surface area contributed by atoms with Crippen LogP contribution in [-0.4, -0.2) is 18.8 Å². The zero-order chi connectivity index (χ0) is 17.5. The van der Waals surface area contributed by atoms with Crippen molar-refractivity contribution in [3.8, 4) is 5.75 Å². The van der Waals surface area contributed by atoms with Crippen molar-refractivity contribution in [3.63, 3.8) is 0 Å². The van der Waals surface area contributed by atoms with Crippen LogP contribution in [0.4, 0.5) is 5.69 Å². The van der Waals surface area contributed by atoms with Crippen molar-refractivity contribution in [2.24, 2.45) is 0 Å². The number of halogens is 1. The first-order chi connectivity index (χ1) is 11.5. The van der Waals surface area contributed by atoms with Crippen molar-refractivity contribution >= 4 is 29.0 Å². The molecule has 0 saturated carbocycles. The quantitative estimate of drug-likeness (QED) is 0.751. The Morgan fingerprint density at radius 3 is 2.42 bits per heavy atom. The Bertz CT molecular complexity index is 726. The lowest BCUT2D eigenvalue weighted by Gasteiger charge is -2.09. The van der Waals surface area contributed by atoms with Crippen LogP contribution in [0, 0.1) is 0 Å². The normalized spacial score (nSPS) is 10.3. The molecule has 1 amide bonds. The average molecular weight is 346 g/mol. The number of rotatable bonds is 7. The van der Waals surface area contributed by atoms with Crippen LogP contribution in [-0.2, 0) is 11.2 Å². The molecule has 0 atom stereocenters. The summed E-state index contributed by atoms with van der Waals surface area (Å²) < 4.78 is 5.17. The summed E-state index contributed by atoms with van der Waals surface area (Å²) >= 11 is 5.93. The summed E-state index contributed by atoms with van der Waals surface area (Å²) in [5.74, 6) is 0.0828. The predicted octanol–water partition coefficient (Wildman–Crippen LogP) is 4.51. The van der Waals surface area contributed by atoms with E-state index in [2.05, 4.69) is 12.2 Å². The minimum atomic E-state index is -0.200. The highest BCUT2D eigenvalue weighted by Gasteiger charge is 2.14. The van der Waals surface area contributed by atoms with Crippen molar-refractivity contribution in [1.29, 1.82) is 0 Å². The smallest absolute Gasteiger partial charge is 0.224 e. The van der Waals surface area contributed by atoms with Crippen molar-refractivity contribution < 1.29 is 14.3 Å². The van der Waals surface area contributed by atoms with E-state index >= 15 is 0 Å². The van der Waals surface area contributed by atoms with E-state index in [9.17, 15) is 9.59 Å². The topological polar surface area (TPSA) is 55.4 Å². The number of benzene rings is 2. The SMILES string of the molecule is CCc1ccc(NC(=O)CCC(=O)c2cc(Cl)ccc2OC)cc1. The molecule has 2 aromatic carbocycles. The summed E-state index contributed by atoms with van der Waals surface area (Å²) in [6, 6.07) is 12.5. The lowest BCUT2D eigenvalue weighted by molar-refractivity contribution is -0.116. The zero-order valence-corrected chi connectivity index (χ0v) is 14.5. The molecule has 0 unspecified atom stereocenters. The van der Waals surface area contributed by atoms with Crippen LogP contribution in [0.15, 0.2) is 42.5 Å². The minimum Gasteiger partial charge on any atom is -0.496 e. The van der Waals surface area contributed by atoms with Gasteiger partial charge in [-0.2, -0.15) is 0 Å². The van der Waals surface area contributed by atoms with Crippen LogP contribution in [0.3, 0.4) is 0 Å². The van der Waals surface area contributed by atoms with Crippen LogP contribution in [0.25, 0.3) is 0 Å². The third-order valence-electron chi connectivity index (χ3n) is 3.69. The number of aryl methyl sites for hydroxylation is 1. The number of amides is 1. The van der Waals surface area contributed by atoms with E-state index in [-0.39, 0.29) is 24.5 Å². The summed E-state index contributed by atoms with van der Waals surface area (Å²) in [7, 11) is 1.49. The Hall–Kier alpha value is -2.33. The molecule has 0 aliphatic rings. The summed E-state index contributed by atoms with van der Waals surface area (Å²) in [6.07, 6.45) is 1.14. The van der Waals surface area contributed by atoms with Gasteiger partial charge in [-0.1, -0.05) is 30.7 Å². The Labute approximate surface area is 146 Å². The Morgan fingerprint density at radius 2 is 1.79 bits per heavy atom. The number of anilines is 1. The van der Waals surface area contributed by atoms with Gasteiger partial charge in [-0.15, -0.1) is 0 Å². The number of ether oxygens (including phenoxy) is 1. The zero-order valence-electron chi connectivity index (χ0n) is 13.8. The second-order valence-electron chi connectivity index (χ2n) is 5.37. The number of nitrogens with one attached hydrogen (secondary N) is 1. The van der Waals surface area contributed by atoms with Crippen molar-refractivity contribution in [3.05, 3.63) is 58.6 Å². The summed E-state index contributed by atoms with van der Waals surface area (Å²) in [4.78, 5) is 24.3. The number of hydrogen-bond donors (Lipinski definition) is 1. The first kappa shape index (κ1) is 18.0. The van der Waals surface area contributed by atoms with Gasteiger partial charge in [0, 0.05) is 23.6 Å². The van der Waals surface area contributed by atoms with Crippen molar-refractivity contribution in [1.82, 2.24) is 0 Å². The number of methoxy groups -OCH3 is 1. The molecular formula is C19H20ClNO3. The minimum absolute atomic E-state index is 0.0928. The van der Waals surface area contributed by atoms with E-state index in [1.54, 1.807) is 18.2 Å². The molecule has 0 aliphatic carbocycles. The molecule has 126 valence electrons. The molecule has 2 aromatic rings. The average Bonchev–Trinajstić information content (AvgIpc) is 2.60. The van der Waals surface area contributed by atoms with Gasteiger partial charge in [0.2, 0.25) is 5.91 Å². The fraction of sp³-hybridized carbons (Fsp3) is 0.263. The lowest BCUT2D eigenvalue weighted by atomic mass is 10.1. The highest BCUT2D eigenvalue weighted by molar-refractivity contribution is 6.31. The number of Topliss-reactive ketones (excluding diaryl/α,β-unsaturated/α-hetero) is 1. The van der Waals surface area contributed by atoms with E-state index < -0.39 is 0 Å². The highest BCUT2D eigenvalue weighted by atomic mass is 35.5. The standard InChI is InChI=1S/C19H20ClNO3/c1-3-13-4-7-15(8-5-13)21-19(23)11-9-17(22)16-12-14(20)6-10-18(16)24-2/h4-8,10,12H,3,9,11H2,1-2H3,(H,21,23). The maximum absolute atomic E-state index is 12.3. The molecule has 0 saturated heterocycles. The number of hydrogen-bond acceptors (Lipinski definition) is 3. The molecule has 0 aliphatic heterocycles. The van der Waals surface area contributed by atoms with E-state index in [4.69, 9.17) is 16.3 Å². The van der Waals surface area contributed by atoms with Gasteiger partial charge < -0.3 is 10.1 Å². The fourth-order valence-electron chi connectivity index (χ4n) is 2.31. The number of carbonyl (C=O) groups is 2. The molecule has 24 heavy (non-hydrogen) atoms. The number of ketones is 1. The van der Waals surface area contributed by atoms with Gasteiger partial charge in [-0.3, -0.25) is 9.59 Å². The van der Waals surface area contributed by atoms with Crippen LogP contribution in [0.2, 0.25) is 5.02 Å². The Balaban J connectivity index is 1.93. The molecule has 0 heterocycles. The van der Waals surface area contributed by atoms with E-state index in [1.807, 2.05) is 24.3 Å². The van der Waals surface area contributed by atoms with Gasteiger partial charge in [-0.25, -0.2) is 0 Å². The van der Waals surface area contributed by atoms with E-state index in [0.717, 1.165) is 12.1 Å². The monoisotopic (exact) mass is 345 g/mol.